The maximum absolute atomic E-state index is 12.5. The molecule has 0 aliphatic rings. The molecule has 1 aromatic heterocycles. The first-order valence-corrected chi connectivity index (χ1v) is 7.93. The minimum Gasteiger partial charge on any atom is -0.494 e. The van der Waals surface area contributed by atoms with E-state index in [1.165, 1.54) is 30.3 Å². The molecule has 0 fully saturated rings. The molecule has 2 aromatic carbocycles. The summed E-state index contributed by atoms with van der Waals surface area (Å²) in [5.41, 5.74) is 2.62. The van der Waals surface area contributed by atoms with Gasteiger partial charge in [-0.05, 0) is 47.2 Å². The molecular formula is C16H13Cl2N5O2. The van der Waals surface area contributed by atoms with Crippen molar-refractivity contribution in [2.45, 2.75) is 6.92 Å². The number of methoxy groups -OCH3 is 1. The summed E-state index contributed by atoms with van der Waals surface area (Å²) >= 11 is 12.2. The van der Waals surface area contributed by atoms with Crippen LogP contribution in [0.15, 0.2) is 36.7 Å². The number of aryl methyl sites for hydroxylation is 1. The monoisotopic (exact) mass is 377 g/mol. The van der Waals surface area contributed by atoms with Crippen LogP contribution in [0.2, 0.25) is 10.0 Å². The van der Waals surface area contributed by atoms with Crippen LogP contribution in [0.5, 0.6) is 5.75 Å². The first-order valence-electron chi connectivity index (χ1n) is 7.18. The van der Waals surface area contributed by atoms with Gasteiger partial charge in [-0.3, -0.25) is 4.79 Å². The molecule has 0 unspecified atom stereocenters. The summed E-state index contributed by atoms with van der Waals surface area (Å²) in [6, 6.07) is 8.42. The Bertz CT molecular complexity index is 905. The normalized spacial score (nSPS) is 10.6. The van der Waals surface area contributed by atoms with Gasteiger partial charge in [0.15, 0.2) is 5.75 Å². The lowest BCUT2D eigenvalue weighted by Crippen LogP contribution is -2.12. The molecule has 1 N–H and O–H groups in total. The van der Waals surface area contributed by atoms with Crippen LogP contribution in [0.25, 0.3) is 5.69 Å². The van der Waals surface area contributed by atoms with E-state index in [9.17, 15) is 4.79 Å². The smallest absolute Gasteiger partial charge is 0.255 e. The van der Waals surface area contributed by atoms with Crippen LogP contribution in [-0.2, 0) is 0 Å². The topological polar surface area (TPSA) is 81.9 Å². The number of aromatic nitrogens is 4. The van der Waals surface area contributed by atoms with Gasteiger partial charge < -0.3 is 10.1 Å². The van der Waals surface area contributed by atoms with Crippen molar-refractivity contribution in [3.05, 3.63) is 57.8 Å². The second-order valence-corrected chi connectivity index (χ2v) is 6.00. The average Bonchev–Trinajstić information content (AvgIpc) is 3.10. The van der Waals surface area contributed by atoms with Gasteiger partial charge in [0.1, 0.15) is 6.33 Å². The van der Waals surface area contributed by atoms with Gasteiger partial charge in [0.2, 0.25) is 0 Å². The van der Waals surface area contributed by atoms with Crippen LogP contribution in [0, 0.1) is 6.92 Å². The molecule has 0 spiro atoms. The van der Waals surface area contributed by atoms with Crippen molar-refractivity contribution < 1.29 is 9.53 Å². The molecule has 1 amide bonds. The molecule has 9 heteroatoms. The van der Waals surface area contributed by atoms with E-state index in [-0.39, 0.29) is 16.0 Å². The van der Waals surface area contributed by atoms with Gasteiger partial charge in [0.25, 0.3) is 5.91 Å². The number of ether oxygens (including phenoxy) is 1. The van der Waals surface area contributed by atoms with E-state index in [2.05, 4.69) is 20.8 Å². The van der Waals surface area contributed by atoms with E-state index < -0.39 is 0 Å². The molecule has 7 nitrogen and oxygen atoms in total. The molecule has 3 rings (SSSR count). The molecule has 0 radical (unpaired) electrons. The molecular weight excluding hydrogens is 365 g/mol. The molecule has 128 valence electrons. The second-order valence-electron chi connectivity index (χ2n) is 5.18. The Morgan fingerprint density at radius 2 is 1.92 bits per heavy atom. The van der Waals surface area contributed by atoms with E-state index in [0.29, 0.717) is 17.0 Å². The quantitative estimate of drug-likeness (QED) is 0.751. The first-order chi connectivity index (χ1) is 12.0. The number of amides is 1. The van der Waals surface area contributed by atoms with Gasteiger partial charge in [-0.15, -0.1) is 5.10 Å². The fourth-order valence-corrected chi connectivity index (χ4v) is 2.94. The number of rotatable bonds is 4. The maximum atomic E-state index is 12.5. The van der Waals surface area contributed by atoms with Gasteiger partial charge in [0.05, 0.1) is 22.8 Å². The lowest BCUT2D eigenvalue weighted by Gasteiger charge is -2.11. The molecule has 0 bridgehead atoms. The van der Waals surface area contributed by atoms with Crippen LogP contribution >= 0.6 is 23.2 Å². The second kappa shape index (κ2) is 7.08. The molecule has 0 aliphatic carbocycles. The van der Waals surface area contributed by atoms with Gasteiger partial charge in [-0.2, -0.15) is 0 Å². The Labute approximate surface area is 153 Å². The van der Waals surface area contributed by atoms with Gasteiger partial charge >= 0.3 is 0 Å². The Morgan fingerprint density at radius 1 is 1.20 bits per heavy atom. The minimum atomic E-state index is -0.349. The molecule has 0 atom stereocenters. The Hall–Kier alpha value is -2.64. The zero-order valence-electron chi connectivity index (χ0n) is 13.3. The van der Waals surface area contributed by atoms with Crippen LogP contribution in [0.3, 0.4) is 0 Å². The number of carbonyl (C=O) groups is 1. The van der Waals surface area contributed by atoms with E-state index in [0.717, 1.165) is 11.3 Å². The highest BCUT2D eigenvalue weighted by Gasteiger charge is 2.14. The van der Waals surface area contributed by atoms with Crippen LogP contribution in [0.1, 0.15) is 15.9 Å². The number of nitrogens with one attached hydrogen (secondary N) is 1. The highest BCUT2D eigenvalue weighted by molar-refractivity contribution is 6.37. The predicted octanol–water partition coefficient (Wildman–Crippen LogP) is 3.54. The van der Waals surface area contributed by atoms with E-state index in [4.69, 9.17) is 27.9 Å². The maximum Gasteiger partial charge on any atom is 0.255 e. The van der Waals surface area contributed by atoms with Crippen molar-refractivity contribution in [1.82, 2.24) is 20.2 Å². The van der Waals surface area contributed by atoms with Crippen molar-refractivity contribution >= 4 is 34.8 Å². The van der Waals surface area contributed by atoms with Crippen molar-refractivity contribution in [1.29, 1.82) is 0 Å². The van der Waals surface area contributed by atoms with Crippen molar-refractivity contribution in [2.75, 3.05) is 12.4 Å². The summed E-state index contributed by atoms with van der Waals surface area (Å²) in [7, 11) is 1.46. The lowest BCUT2D eigenvalue weighted by atomic mass is 10.1. The minimum absolute atomic E-state index is 0.262. The third-order valence-corrected chi connectivity index (χ3v) is 4.09. The standard InChI is InChI=1S/C16H13Cl2N5O2/c1-9-3-4-11(7-14(9)23-8-19-21-22-23)20-16(24)10-5-12(17)15(25-2)13(18)6-10/h3-8H,1-2H3,(H,20,24). The summed E-state index contributed by atoms with van der Waals surface area (Å²) in [6.45, 7) is 1.92. The third kappa shape index (κ3) is 3.57. The third-order valence-electron chi connectivity index (χ3n) is 3.53. The van der Waals surface area contributed by atoms with E-state index in [1.807, 2.05) is 13.0 Å². The number of benzene rings is 2. The largest absolute Gasteiger partial charge is 0.494 e. The van der Waals surface area contributed by atoms with Gasteiger partial charge in [-0.25, -0.2) is 4.68 Å². The summed E-state index contributed by atoms with van der Waals surface area (Å²) < 4.78 is 6.60. The average molecular weight is 378 g/mol. The number of tetrazole rings is 1. The fourth-order valence-electron chi connectivity index (χ4n) is 2.29. The van der Waals surface area contributed by atoms with Gasteiger partial charge in [0, 0.05) is 11.3 Å². The summed E-state index contributed by atoms with van der Waals surface area (Å²) in [5.74, 6) is -0.0193. The SMILES string of the molecule is COc1c(Cl)cc(C(=O)Nc2ccc(C)c(-n3cnnn3)c2)cc1Cl. The number of hydrogen-bond donors (Lipinski definition) is 1. The molecule has 3 aromatic rings. The molecule has 1 heterocycles. The van der Waals surface area contributed by atoms with Crippen molar-refractivity contribution in [3.63, 3.8) is 0 Å². The summed E-state index contributed by atoms with van der Waals surface area (Å²) in [4.78, 5) is 12.5. The number of anilines is 1. The lowest BCUT2D eigenvalue weighted by molar-refractivity contribution is 0.102. The molecule has 0 aliphatic heterocycles. The molecule has 0 saturated heterocycles. The van der Waals surface area contributed by atoms with Gasteiger partial charge in [-0.1, -0.05) is 29.3 Å². The Balaban J connectivity index is 1.88. The Kier molecular flexibility index (Phi) is 4.87. The van der Waals surface area contributed by atoms with Crippen molar-refractivity contribution in [2.24, 2.45) is 0 Å². The summed E-state index contributed by atoms with van der Waals surface area (Å²) in [6.07, 6.45) is 1.48. The summed E-state index contributed by atoms with van der Waals surface area (Å²) in [5, 5.41) is 14.4. The number of carbonyl (C=O) groups excluding carboxylic acids is 1. The Morgan fingerprint density at radius 3 is 2.52 bits per heavy atom. The molecule has 25 heavy (non-hydrogen) atoms. The molecule has 0 saturated carbocycles. The highest BCUT2D eigenvalue weighted by Crippen LogP contribution is 2.34. The van der Waals surface area contributed by atoms with E-state index in [1.54, 1.807) is 12.1 Å². The highest BCUT2D eigenvalue weighted by atomic mass is 35.5. The number of halogens is 2. The fraction of sp³-hybridized carbons (Fsp3) is 0.125. The van der Waals surface area contributed by atoms with Crippen molar-refractivity contribution in [3.8, 4) is 11.4 Å². The van der Waals surface area contributed by atoms with Crippen LogP contribution in [0.4, 0.5) is 5.69 Å². The predicted molar refractivity (Wildman–Crippen MR) is 94.9 cm³/mol. The zero-order valence-corrected chi connectivity index (χ0v) is 14.8. The van der Waals surface area contributed by atoms with Crippen LogP contribution < -0.4 is 10.1 Å². The number of nitrogens with zero attached hydrogens (tertiary/aromatic N) is 4. The first kappa shape index (κ1) is 17.2. The number of hydrogen-bond acceptors (Lipinski definition) is 5. The van der Waals surface area contributed by atoms with E-state index >= 15 is 0 Å². The zero-order chi connectivity index (χ0) is 18.0. The van der Waals surface area contributed by atoms with Crippen LogP contribution in [-0.4, -0.2) is 33.2 Å².